The van der Waals surface area contributed by atoms with Crippen LogP contribution in [0.2, 0.25) is 0 Å². The van der Waals surface area contributed by atoms with Crippen molar-refractivity contribution in [3.05, 3.63) is 29.8 Å². The lowest BCUT2D eigenvalue weighted by Crippen LogP contribution is -2.44. The van der Waals surface area contributed by atoms with Crippen LogP contribution in [-0.4, -0.2) is 43.9 Å². The molecule has 106 valence electrons. The topological polar surface area (TPSA) is 47.7 Å². The molecule has 1 saturated heterocycles. The minimum Gasteiger partial charge on any atom is -0.491 e. The molecule has 2 atom stereocenters. The molecule has 4 nitrogen and oxygen atoms in total. The van der Waals surface area contributed by atoms with Crippen molar-refractivity contribution >= 4 is 0 Å². The Bertz CT molecular complexity index is 395. The van der Waals surface area contributed by atoms with Crippen LogP contribution in [0.15, 0.2) is 24.3 Å². The summed E-state index contributed by atoms with van der Waals surface area (Å²) in [6.07, 6.45) is 0.160. The van der Waals surface area contributed by atoms with Crippen molar-refractivity contribution in [3.8, 4) is 5.75 Å². The number of benzene rings is 1. The van der Waals surface area contributed by atoms with E-state index >= 15 is 0 Å². The van der Waals surface area contributed by atoms with E-state index in [-0.39, 0.29) is 12.1 Å². The number of morpholine rings is 1. The maximum absolute atomic E-state index is 5.87. The normalized spacial score (nSPS) is 22.2. The van der Waals surface area contributed by atoms with E-state index in [0.29, 0.717) is 6.61 Å². The zero-order valence-electron chi connectivity index (χ0n) is 11.8. The second kappa shape index (κ2) is 6.89. The molecule has 0 aliphatic carbocycles. The highest BCUT2D eigenvalue weighted by molar-refractivity contribution is 5.30. The van der Waals surface area contributed by atoms with Gasteiger partial charge in [-0.05, 0) is 31.2 Å². The van der Waals surface area contributed by atoms with Gasteiger partial charge in [0.2, 0.25) is 0 Å². The molecule has 1 aromatic carbocycles. The molecular formula is C15H24N2O2. The summed E-state index contributed by atoms with van der Waals surface area (Å²) < 4.78 is 11.5. The van der Waals surface area contributed by atoms with Crippen molar-refractivity contribution in [2.75, 3.05) is 32.8 Å². The summed E-state index contributed by atoms with van der Waals surface area (Å²) in [5.41, 5.74) is 6.97. The van der Waals surface area contributed by atoms with E-state index in [1.54, 1.807) is 0 Å². The van der Waals surface area contributed by atoms with Crippen molar-refractivity contribution in [1.29, 1.82) is 0 Å². The van der Waals surface area contributed by atoms with Crippen molar-refractivity contribution in [2.24, 2.45) is 5.73 Å². The van der Waals surface area contributed by atoms with E-state index in [4.69, 9.17) is 15.2 Å². The van der Waals surface area contributed by atoms with Crippen molar-refractivity contribution < 1.29 is 9.47 Å². The van der Waals surface area contributed by atoms with E-state index in [0.717, 1.165) is 37.6 Å². The van der Waals surface area contributed by atoms with E-state index in [1.807, 2.05) is 31.2 Å². The first-order valence-electron chi connectivity index (χ1n) is 7.01. The van der Waals surface area contributed by atoms with Crippen molar-refractivity contribution in [1.82, 2.24) is 4.90 Å². The molecule has 0 saturated carbocycles. The van der Waals surface area contributed by atoms with E-state index in [2.05, 4.69) is 11.8 Å². The lowest BCUT2D eigenvalue weighted by atomic mass is 10.1. The molecule has 0 radical (unpaired) electrons. The van der Waals surface area contributed by atoms with Crippen LogP contribution in [0, 0.1) is 0 Å². The summed E-state index contributed by atoms with van der Waals surface area (Å²) in [4.78, 5) is 2.38. The molecule has 0 amide bonds. The van der Waals surface area contributed by atoms with Gasteiger partial charge in [-0.1, -0.05) is 19.1 Å². The second-order valence-electron chi connectivity index (χ2n) is 5.06. The molecule has 1 heterocycles. The van der Waals surface area contributed by atoms with E-state index in [9.17, 15) is 0 Å². The Hall–Kier alpha value is -1.10. The number of rotatable bonds is 5. The lowest BCUT2D eigenvalue weighted by Gasteiger charge is -2.31. The summed E-state index contributed by atoms with van der Waals surface area (Å²) in [6.45, 7) is 8.58. The molecule has 1 aliphatic rings. The zero-order chi connectivity index (χ0) is 13.7. The number of nitrogens with two attached hydrogens (primary N) is 1. The van der Waals surface area contributed by atoms with Gasteiger partial charge in [-0.15, -0.1) is 0 Å². The molecular weight excluding hydrogens is 240 g/mol. The minimum absolute atomic E-state index is 0.0325. The van der Waals surface area contributed by atoms with Gasteiger partial charge in [0.25, 0.3) is 0 Å². The van der Waals surface area contributed by atoms with Crippen LogP contribution in [-0.2, 0) is 4.74 Å². The Morgan fingerprint density at radius 1 is 1.53 bits per heavy atom. The minimum atomic E-state index is 0.0325. The Morgan fingerprint density at radius 2 is 2.37 bits per heavy atom. The number of hydrogen-bond donors (Lipinski definition) is 1. The largest absolute Gasteiger partial charge is 0.491 e. The van der Waals surface area contributed by atoms with Crippen LogP contribution in [0.5, 0.6) is 5.75 Å². The monoisotopic (exact) mass is 264 g/mol. The van der Waals surface area contributed by atoms with Crippen LogP contribution in [0.25, 0.3) is 0 Å². The Balaban J connectivity index is 1.86. The van der Waals surface area contributed by atoms with Gasteiger partial charge in [0.05, 0.1) is 6.61 Å². The van der Waals surface area contributed by atoms with Crippen LogP contribution in [0.3, 0.4) is 0 Å². The molecule has 0 spiro atoms. The molecule has 0 bridgehead atoms. The third kappa shape index (κ3) is 4.20. The quantitative estimate of drug-likeness (QED) is 0.881. The van der Waals surface area contributed by atoms with Gasteiger partial charge in [-0.25, -0.2) is 0 Å². The van der Waals surface area contributed by atoms with E-state index < -0.39 is 0 Å². The molecule has 19 heavy (non-hydrogen) atoms. The fourth-order valence-corrected chi connectivity index (χ4v) is 2.25. The third-order valence-electron chi connectivity index (χ3n) is 3.49. The van der Waals surface area contributed by atoms with Gasteiger partial charge in [0.15, 0.2) is 0 Å². The fourth-order valence-electron chi connectivity index (χ4n) is 2.25. The van der Waals surface area contributed by atoms with Gasteiger partial charge < -0.3 is 15.2 Å². The first kappa shape index (κ1) is 14.3. The number of hydrogen-bond acceptors (Lipinski definition) is 4. The SMILES string of the molecule is CCN1CCOC(COc2cccc(C(C)N)c2)C1. The molecule has 0 aromatic heterocycles. The summed E-state index contributed by atoms with van der Waals surface area (Å²) in [7, 11) is 0. The molecule has 2 rings (SSSR count). The highest BCUT2D eigenvalue weighted by atomic mass is 16.5. The van der Waals surface area contributed by atoms with Gasteiger partial charge in [0.1, 0.15) is 18.5 Å². The number of nitrogens with zero attached hydrogens (tertiary/aromatic N) is 1. The summed E-state index contributed by atoms with van der Waals surface area (Å²) in [6, 6.07) is 8.00. The predicted octanol–water partition coefficient (Wildman–Crippen LogP) is 1.81. The fraction of sp³-hybridized carbons (Fsp3) is 0.600. The Labute approximate surface area is 115 Å². The first-order valence-corrected chi connectivity index (χ1v) is 7.01. The second-order valence-corrected chi connectivity index (χ2v) is 5.06. The van der Waals surface area contributed by atoms with E-state index in [1.165, 1.54) is 0 Å². The average molecular weight is 264 g/mol. The van der Waals surface area contributed by atoms with Crippen LogP contribution in [0.4, 0.5) is 0 Å². The maximum Gasteiger partial charge on any atom is 0.119 e. The highest BCUT2D eigenvalue weighted by Crippen LogP contribution is 2.18. The molecule has 2 unspecified atom stereocenters. The number of likely N-dealkylation sites (N-methyl/N-ethyl adjacent to an activating group) is 1. The van der Waals surface area contributed by atoms with Gasteiger partial charge >= 0.3 is 0 Å². The Kier molecular flexibility index (Phi) is 5.19. The highest BCUT2D eigenvalue weighted by Gasteiger charge is 2.19. The molecule has 4 heteroatoms. The third-order valence-corrected chi connectivity index (χ3v) is 3.49. The molecule has 1 aliphatic heterocycles. The summed E-state index contributed by atoms with van der Waals surface area (Å²) >= 11 is 0. The molecule has 1 fully saturated rings. The Morgan fingerprint density at radius 3 is 3.11 bits per heavy atom. The van der Waals surface area contributed by atoms with Crippen LogP contribution in [0.1, 0.15) is 25.5 Å². The van der Waals surface area contributed by atoms with Crippen LogP contribution < -0.4 is 10.5 Å². The standard InChI is InChI=1S/C15H24N2O2/c1-3-17-7-8-18-15(10-17)11-19-14-6-4-5-13(9-14)12(2)16/h4-6,9,12,15H,3,7-8,10-11,16H2,1-2H3. The lowest BCUT2D eigenvalue weighted by molar-refractivity contribution is -0.0464. The molecule has 2 N–H and O–H groups in total. The predicted molar refractivity (Wildman–Crippen MR) is 76.4 cm³/mol. The van der Waals surface area contributed by atoms with Gasteiger partial charge in [-0.3, -0.25) is 4.90 Å². The first-order chi connectivity index (χ1) is 9.19. The van der Waals surface area contributed by atoms with Crippen molar-refractivity contribution in [3.63, 3.8) is 0 Å². The summed E-state index contributed by atoms with van der Waals surface area (Å²) in [5, 5.41) is 0. The van der Waals surface area contributed by atoms with Gasteiger partial charge in [-0.2, -0.15) is 0 Å². The maximum atomic E-state index is 5.87. The number of ether oxygens (including phenoxy) is 2. The van der Waals surface area contributed by atoms with Gasteiger partial charge in [0, 0.05) is 19.1 Å². The smallest absolute Gasteiger partial charge is 0.119 e. The summed E-state index contributed by atoms with van der Waals surface area (Å²) in [5.74, 6) is 0.868. The molecule has 1 aromatic rings. The average Bonchev–Trinajstić information content (AvgIpc) is 2.45. The van der Waals surface area contributed by atoms with Crippen molar-refractivity contribution in [2.45, 2.75) is 26.0 Å². The van der Waals surface area contributed by atoms with Crippen LogP contribution >= 0.6 is 0 Å². The zero-order valence-corrected chi connectivity index (χ0v) is 11.8.